The van der Waals surface area contributed by atoms with E-state index in [0.717, 1.165) is 5.56 Å². The molecular weight excluding hydrogens is 202 g/mol. The standard InChI is InChI=1S/C10H14ClNO2/c1-3-14-10-5-8(11)7(6-12)4-9(10)13-2/h4-5H,3,6,12H2,1-2H3. The highest BCUT2D eigenvalue weighted by Crippen LogP contribution is 2.33. The fourth-order valence-electron chi connectivity index (χ4n) is 1.16. The van der Waals surface area contributed by atoms with Gasteiger partial charge in [-0.15, -0.1) is 0 Å². The first-order valence-corrected chi connectivity index (χ1v) is 4.80. The first-order valence-electron chi connectivity index (χ1n) is 4.42. The molecule has 1 aromatic rings. The molecule has 0 bridgehead atoms. The molecule has 0 aliphatic rings. The summed E-state index contributed by atoms with van der Waals surface area (Å²) in [5.74, 6) is 1.31. The Labute approximate surface area is 88.8 Å². The van der Waals surface area contributed by atoms with Crippen LogP contribution < -0.4 is 15.2 Å². The van der Waals surface area contributed by atoms with Crippen LogP contribution in [0.4, 0.5) is 0 Å². The third-order valence-corrected chi connectivity index (χ3v) is 2.20. The molecule has 0 aliphatic carbocycles. The molecule has 0 saturated heterocycles. The van der Waals surface area contributed by atoms with E-state index in [4.69, 9.17) is 26.8 Å². The maximum Gasteiger partial charge on any atom is 0.162 e. The van der Waals surface area contributed by atoms with E-state index in [1.165, 1.54) is 0 Å². The summed E-state index contributed by atoms with van der Waals surface area (Å²) in [6.45, 7) is 2.88. The van der Waals surface area contributed by atoms with Crippen molar-refractivity contribution in [2.24, 2.45) is 5.73 Å². The maximum absolute atomic E-state index is 5.98. The Morgan fingerprint density at radius 3 is 2.57 bits per heavy atom. The zero-order chi connectivity index (χ0) is 10.6. The highest BCUT2D eigenvalue weighted by molar-refractivity contribution is 6.31. The average Bonchev–Trinajstić information content (AvgIpc) is 2.19. The highest BCUT2D eigenvalue weighted by Gasteiger charge is 2.08. The summed E-state index contributed by atoms with van der Waals surface area (Å²) in [6, 6.07) is 3.53. The second-order valence-corrected chi connectivity index (χ2v) is 3.14. The molecule has 78 valence electrons. The van der Waals surface area contributed by atoms with Crippen LogP contribution in [0.3, 0.4) is 0 Å². The molecule has 0 spiro atoms. The van der Waals surface area contributed by atoms with Crippen molar-refractivity contribution in [1.82, 2.24) is 0 Å². The molecule has 1 aromatic carbocycles. The molecule has 14 heavy (non-hydrogen) atoms. The molecule has 0 fully saturated rings. The Balaban J connectivity index is 3.10. The van der Waals surface area contributed by atoms with Crippen LogP contribution in [0, 0.1) is 0 Å². The molecule has 2 N–H and O–H groups in total. The number of nitrogens with two attached hydrogens (primary N) is 1. The van der Waals surface area contributed by atoms with Crippen molar-refractivity contribution in [3.63, 3.8) is 0 Å². The molecule has 3 nitrogen and oxygen atoms in total. The molecule has 0 radical (unpaired) electrons. The first kappa shape index (κ1) is 11.1. The maximum atomic E-state index is 5.98. The highest BCUT2D eigenvalue weighted by atomic mass is 35.5. The summed E-state index contributed by atoms with van der Waals surface area (Å²) >= 11 is 5.98. The van der Waals surface area contributed by atoms with Crippen LogP contribution in [-0.2, 0) is 6.54 Å². The van der Waals surface area contributed by atoms with E-state index >= 15 is 0 Å². The summed E-state index contributed by atoms with van der Waals surface area (Å²) < 4.78 is 10.5. The summed E-state index contributed by atoms with van der Waals surface area (Å²) in [5, 5.41) is 0.608. The average molecular weight is 216 g/mol. The second-order valence-electron chi connectivity index (χ2n) is 2.73. The van der Waals surface area contributed by atoms with Crippen molar-refractivity contribution < 1.29 is 9.47 Å². The Hall–Kier alpha value is -0.930. The minimum atomic E-state index is 0.390. The molecule has 0 aliphatic heterocycles. The minimum Gasteiger partial charge on any atom is -0.493 e. The molecule has 4 heteroatoms. The number of rotatable bonds is 4. The second kappa shape index (κ2) is 5.08. The number of halogens is 1. The van der Waals surface area contributed by atoms with Gasteiger partial charge in [-0.2, -0.15) is 0 Å². The van der Waals surface area contributed by atoms with E-state index in [2.05, 4.69) is 0 Å². The smallest absolute Gasteiger partial charge is 0.162 e. The van der Waals surface area contributed by atoms with Crippen LogP contribution in [0.15, 0.2) is 12.1 Å². The van der Waals surface area contributed by atoms with E-state index in [9.17, 15) is 0 Å². The van der Waals surface area contributed by atoms with Gasteiger partial charge in [0.1, 0.15) is 0 Å². The number of hydrogen-bond acceptors (Lipinski definition) is 3. The van der Waals surface area contributed by atoms with Gasteiger partial charge in [0, 0.05) is 17.6 Å². The van der Waals surface area contributed by atoms with Crippen LogP contribution in [-0.4, -0.2) is 13.7 Å². The summed E-state index contributed by atoms with van der Waals surface area (Å²) in [5.41, 5.74) is 6.37. The molecule has 0 aromatic heterocycles. The topological polar surface area (TPSA) is 44.5 Å². The Bertz CT molecular complexity index is 315. The largest absolute Gasteiger partial charge is 0.493 e. The van der Waals surface area contributed by atoms with E-state index in [1.54, 1.807) is 19.2 Å². The number of benzene rings is 1. The van der Waals surface area contributed by atoms with Crippen LogP contribution in [0.5, 0.6) is 11.5 Å². The van der Waals surface area contributed by atoms with Gasteiger partial charge in [0.15, 0.2) is 11.5 Å². The summed E-state index contributed by atoms with van der Waals surface area (Å²) in [6.07, 6.45) is 0. The van der Waals surface area contributed by atoms with Crippen molar-refractivity contribution in [3.05, 3.63) is 22.7 Å². The lowest BCUT2D eigenvalue weighted by Gasteiger charge is -2.11. The zero-order valence-electron chi connectivity index (χ0n) is 8.34. The lowest BCUT2D eigenvalue weighted by atomic mass is 10.2. The molecular formula is C10H14ClNO2. The monoisotopic (exact) mass is 215 g/mol. The minimum absolute atomic E-state index is 0.390. The van der Waals surface area contributed by atoms with Gasteiger partial charge in [-0.1, -0.05) is 11.6 Å². The van der Waals surface area contributed by atoms with Gasteiger partial charge in [-0.3, -0.25) is 0 Å². The Kier molecular flexibility index (Phi) is 4.04. The van der Waals surface area contributed by atoms with Crippen molar-refractivity contribution in [3.8, 4) is 11.5 Å². The van der Waals surface area contributed by atoms with E-state index in [0.29, 0.717) is 29.7 Å². The fourth-order valence-corrected chi connectivity index (χ4v) is 1.39. The third-order valence-electron chi connectivity index (χ3n) is 1.85. The Morgan fingerprint density at radius 1 is 1.36 bits per heavy atom. The van der Waals surface area contributed by atoms with Gasteiger partial charge in [-0.25, -0.2) is 0 Å². The van der Waals surface area contributed by atoms with Crippen LogP contribution in [0.1, 0.15) is 12.5 Å². The summed E-state index contributed by atoms with van der Waals surface area (Å²) in [4.78, 5) is 0. The van der Waals surface area contributed by atoms with Gasteiger partial charge in [0.25, 0.3) is 0 Å². The van der Waals surface area contributed by atoms with Gasteiger partial charge in [0.05, 0.1) is 13.7 Å². The SMILES string of the molecule is CCOc1cc(Cl)c(CN)cc1OC. The first-order chi connectivity index (χ1) is 6.72. The number of ether oxygens (including phenoxy) is 2. The quantitative estimate of drug-likeness (QED) is 0.838. The van der Waals surface area contributed by atoms with Gasteiger partial charge in [0.2, 0.25) is 0 Å². The van der Waals surface area contributed by atoms with Crippen LogP contribution in [0.25, 0.3) is 0 Å². The van der Waals surface area contributed by atoms with Crippen molar-refractivity contribution in [2.45, 2.75) is 13.5 Å². The number of hydrogen-bond donors (Lipinski definition) is 1. The third kappa shape index (κ3) is 2.30. The van der Waals surface area contributed by atoms with Gasteiger partial charge >= 0.3 is 0 Å². The van der Waals surface area contributed by atoms with Crippen molar-refractivity contribution in [2.75, 3.05) is 13.7 Å². The van der Waals surface area contributed by atoms with E-state index in [-0.39, 0.29) is 0 Å². The van der Waals surface area contributed by atoms with Crippen molar-refractivity contribution >= 4 is 11.6 Å². The lowest BCUT2D eigenvalue weighted by molar-refractivity contribution is 0.310. The molecule has 0 heterocycles. The normalized spacial score (nSPS) is 10.0. The summed E-state index contributed by atoms with van der Waals surface area (Å²) in [7, 11) is 1.59. The Morgan fingerprint density at radius 2 is 2.07 bits per heavy atom. The zero-order valence-corrected chi connectivity index (χ0v) is 9.10. The van der Waals surface area contributed by atoms with Gasteiger partial charge in [-0.05, 0) is 18.6 Å². The van der Waals surface area contributed by atoms with Crippen molar-refractivity contribution in [1.29, 1.82) is 0 Å². The predicted molar refractivity (Wildman–Crippen MR) is 57.1 cm³/mol. The molecule has 0 saturated carbocycles. The molecule has 0 amide bonds. The van der Waals surface area contributed by atoms with E-state index < -0.39 is 0 Å². The van der Waals surface area contributed by atoms with E-state index in [1.807, 2.05) is 6.92 Å². The molecule has 0 atom stereocenters. The van der Waals surface area contributed by atoms with Crippen LogP contribution in [0.2, 0.25) is 5.02 Å². The fraction of sp³-hybridized carbons (Fsp3) is 0.400. The van der Waals surface area contributed by atoms with Crippen LogP contribution >= 0.6 is 11.6 Å². The predicted octanol–water partition coefficient (Wildman–Crippen LogP) is 2.21. The number of methoxy groups -OCH3 is 1. The lowest BCUT2D eigenvalue weighted by Crippen LogP contribution is -2.01. The van der Waals surface area contributed by atoms with Gasteiger partial charge < -0.3 is 15.2 Å². The molecule has 0 unspecified atom stereocenters. The molecule has 1 rings (SSSR count).